The van der Waals surface area contributed by atoms with Gasteiger partial charge in [-0.05, 0) is 68.5 Å². The Morgan fingerprint density at radius 1 is 0.944 bits per heavy atom. The third-order valence-corrected chi connectivity index (χ3v) is 6.51. The molecule has 0 aliphatic heterocycles. The van der Waals surface area contributed by atoms with E-state index in [0.29, 0.717) is 12.4 Å². The van der Waals surface area contributed by atoms with Gasteiger partial charge >= 0.3 is 6.03 Å². The first-order valence-electron chi connectivity index (χ1n) is 12.5. The number of urea groups is 1. The number of nitrogens with one attached hydrogen (secondary N) is 2. The number of nitrogens with zero attached hydrogens (tertiary/aromatic N) is 3. The average molecular weight is 490 g/mol. The minimum Gasteiger partial charge on any atom is -0.315 e. The number of carbonyl (C=O) groups is 2. The molecule has 0 saturated carbocycles. The van der Waals surface area contributed by atoms with Crippen molar-refractivity contribution >= 4 is 23.4 Å². The second kappa shape index (κ2) is 11.0. The Hall–Kier alpha value is -3.61. The van der Waals surface area contributed by atoms with Gasteiger partial charge in [0.15, 0.2) is 0 Å². The topological polar surface area (TPSA) is 79.3 Å². The van der Waals surface area contributed by atoms with Crippen molar-refractivity contribution in [3.05, 3.63) is 70.4 Å². The Morgan fingerprint density at radius 3 is 2.22 bits per heavy atom. The van der Waals surface area contributed by atoms with Crippen LogP contribution in [0.3, 0.4) is 0 Å². The maximum absolute atomic E-state index is 13.2. The van der Waals surface area contributed by atoms with Crippen molar-refractivity contribution in [1.29, 1.82) is 0 Å². The summed E-state index contributed by atoms with van der Waals surface area (Å²) in [5, 5.41) is 10.8. The molecule has 0 saturated heterocycles. The van der Waals surface area contributed by atoms with E-state index in [1.165, 1.54) is 0 Å². The van der Waals surface area contributed by atoms with Crippen LogP contribution in [0.15, 0.2) is 42.5 Å². The van der Waals surface area contributed by atoms with Gasteiger partial charge in [-0.15, -0.1) is 0 Å². The van der Waals surface area contributed by atoms with Crippen LogP contribution in [0.2, 0.25) is 0 Å². The predicted octanol–water partition coefficient (Wildman–Crippen LogP) is 6.29. The number of hydrogen-bond donors (Lipinski definition) is 2. The SMILES string of the molecule is CCCN(CC(=O)Nc1cc(C(C)(C)C)nn1-c1cccc(C)c1C)C(=O)Nc1cccc(C)c1C. The summed E-state index contributed by atoms with van der Waals surface area (Å²) in [6.45, 7) is 16.8. The zero-order valence-corrected chi connectivity index (χ0v) is 22.8. The smallest absolute Gasteiger partial charge is 0.315 e. The number of hydrogen-bond acceptors (Lipinski definition) is 3. The van der Waals surface area contributed by atoms with Crippen LogP contribution in [-0.4, -0.2) is 39.7 Å². The molecule has 0 atom stereocenters. The van der Waals surface area contributed by atoms with Crippen molar-refractivity contribution in [3.63, 3.8) is 0 Å². The molecular formula is C29H39N5O2. The Bertz CT molecular complexity index is 1250. The van der Waals surface area contributed by atoms with E-state index in [2.05, 4.69) is 51.3 Å². The van der Waals surface area contributed by atoms with E-state index in [1.54, 1.807) is 9.58 Å². The third-order valence-electron chi connectivity index (χ3n) is 6.51. The van der Waals surface area contributed by atoms with E-state index in [1.807, 2.05) is 57.2 Å². The molecule has 3 aromatic rings. The molecule has 7 heteroatoms. The number of anilines is 2. The highest BCUT2D eigenvalue weighted by Crippen LogP contribution is 2.28. The van der Waals surface area contributed by atoms with Crippen molar-refractivity contribution in [2.75, 3.05) is 23.7 Å². The number of benzene rings is 2. The first kappa shape index (κ1) is 27.0. The summed E-state index contributed by atoms with van der Waals surface area (Å²) >= 11 is 0. The van der Waals surface area contributed by atoms with Crippen LogP contribution in [0.5, 0.6) is 0 Å². The Kier molecular flexibility index (Phi) is 8.23. The van der Waals surface area contributed by atoms with Crippen LogP contribution in [0.4, 0.5) is 16.3 Å². The van der Waals surface area contributed by atoms with Gasteiger partial charge in [-0.2, -0.15) is 5.10 Å². The van der Waals surface area contributed by atoms with Crippen molar-refractivity contribution in [2.24, 2.45) is 0 Å². The van der Waals surface area contributed by atoms with Crippen LogP contribution >= 0.6 is 0 Å². The fraction of sp³-hybridized carbons (Fsp3) is 0.414. The minimum absolute atomic E-state index is 0.0621. The molecule has 0 unspecified atom stereocenters. The van der Waals surface area contributed by atoms with Crippen LogP contribution in [0.25, 0.3) is 5.69 Å². The van der Waals surface area contributed by atoms with Gasteiger partial charge in [-0.1, -0.05) is 52.0 Å². The Morgan fingerprint density at radius 2 is 1.58 bits per heavy atom. The fourth-order valence-corrected chi connectivity index (χ4v) is 3.94. The summed E-state index contributed by atoms with van der Waals surface area (Å²) in [6, 6.07) is 13.5. The molecule has 7 nitrogen and oxygen atoms in total. The number of rotatable bonds is 7. The summed E-state index contributed by atoms with van der Waals surface area (Å²) in [6.07, 6.45) is 0.738. The molecule has 3 rings (SSSR count). The highest BCUT2D eigenvalue weighted by atomic mass is 16.2. The zero-order valence-electron chi connectivity index (χ0n) is 22.8. The second-order valence-electron chi connectivity index (χ2n) is 10.4. The van der Waals surface area contributed by atoms with Crippen LogP contribution in [0.1, 0.15) is 62.1 Å². The Balaban J connectivity index is 1.85. The van der Waals surface area contributed by atoms with Crippen LogP contribution < -0.4 is 10.6 Å². The summed E-state index contributed by atoms with van der Waals surface area (Å²) < 4.78 is 1.79. The highest BCUT2D eigenvalue weighted by Gasteiger charge is 2.24. The van der Waals surface area contributed by atoms with Crippen molar-refractivity contribution in [2.45, 2.75) is 67.2 Å². The van der Waals surface area contributed by atoms with E-state index >= 15 is 0 Å². The summed E-state index contributed by atoms with van der Waals surface area (Å²) in [5.41, 5.74) is 6.70. The van der Waals surface area contributed by atoms with Gasteiger partial charge in [-0.3, -0.25) is 4.79 Å². The molecule has 0 bridgehead atoms. The van der Waals surface area contributed by atoms with E-state index < -0.39 is 0 Å². The van der Waals surface area contributed by atoms with E-state index in [4.69, 9.17) is 5.10 Å². The van der Waals surface area contributed by atoms with Crippen molar-refractivity contribution < 1.29 is 9.59 Å². The molecule has 192 valence electrons. The number of aromatic nitrogens is 2. The minimum atomic E-state index is -0.292. The monoisotopic (exact) mass is 489 g/mol. The predicted molar refractivity (Wildman–Crippen MR) is 147 cm³/mol. The molecule has 1 heterocycles. The lowest BCUT2D eigenvalue weighted by Gasteiger charge is -2.23. The molecule has 36 heavy (non-hydrogen) atoms. The number of aryl methyl sites for hydroxylation is 2. The molecule has 0 fully saturated rings. The summed E-state index contributed by atoms with van der Waals surface area (Å²) in [5.74, 6) is 0.316. The standard InChI is InChI=1S/C29H39N5O2/c1-9-16-33(28(36)30-23-14-10-12-19(2)21(23)4)18-27(35)31-26-17-25(29(6,7)8)32-34(26)24-15-11-13-20(3)22(24)5/h10-15,17H,9,16,18H2,1-8H3,(H,30,36)(H,31,35). The molecule has 2 N–H and O–H groups in total. The van der Waals surface area contributed by atoms with Gasteiger partial charge < -0.3 is 15.5 Å². The van der Waals surface area contributed by atoms with Crippen LogP contribution in [-0.2, 0) is 10.2 Å². The lowest BCUT2D eigenvalue weighted by Crippen LogP contribution is -2.41. The maximum atomic E-state index is 13.2. The van der Waals surface area contributed by atoms with Gasteiger partial charge in [0.2, 0.25) is 5.91 Å². The zero-order chi connectivity index (χ0) is 26.6. The highest BCUT2D eigenvalue weighted by molar-refractivity contribution is 5.97. The molecule has 0 aliphatic carbocycles. The fourth-order valence-electron chi connectivity index (χ4n) is 3.94. The first-order valence-corrected chi connectivity index (χ1v) is 12.5. The van der Waals surface area contributed by atoms with E-state index in [0.717, 1.165) is 45.7 Å². The largest absolute Gasteiger partial charge is 0.322 e. The van der Waals surface area contributed by atoms with Gasteiger partial charge in [0.05, 0.1) is 11.4 Å². The molecule has 2 aromatic carbocycles. The molecule has 0 spiro atoms. The van der Waals surface area contributed by atoms with Crippen LogP contribution in [0, 0.1) is 27.7 Å². The molecular weight excluding hydrogens is 450 g/mol. The molecule has 3 amide bonds. The summed E-state index contributed by atoms with van der Waals surface area (Å²) in [7, 11) is 0. The van der Waals surface area contributed by atoms with Crippen molar-refractivity contribution in [3.8, 4) is 5.69 Å². The lowest BCUT2D eigenvalue weighted by atomic mass is 9.92. The number of amides is 3. The molecule has 0 aliphatic rings. The van der Waals surface area contributed by atoms with E-state index in [-0.39, 0.29) is 23.9 Å². The maximum Gasteiger partial charge on any atom is 0.322 e. The molecule has 0 radical (unpaired) electrons. The second-order valence-corrected chi connectivity index (χ2v) is 10.4. The van der Waals surface area contributed by atoms with Crippen molar-refractivity contribution in [1.82, 2.24) is 14.7 Å². The molecule has 1 aromatic heterocycles. The first-order chi connectivity index (χ1) is 16.9. The van der Waals surface area contributed by atoms with E-state index in [9.17, 15) is 9.59 Å². The van der Waals surface area contributed by atoms with Gasteiger partial charge in [0.25, 0.3) is 0 Å². The summed E-state index contributed by atoms with van der Waals surface area (Å²) in [4.78, 5) is 27.8. The van der Waals surface area contributed by atoms with Gasteiger partial charge in [-0.25, -0.2) is 9.48 Å². The normalized spacial score (nSPS) is 11.3. The lowest BCUT2D eigenvalue weighted by molar-refractivity contribution is -0.116. The number of carbonyl (C=O) groups excluding carboxylic acids is 2. The van der Waals surface area contributed by atoms with Gasteiger partial charge in [0, 0.05) is 23.7 Å². The Labute approximate surface area is 214 Å². The quantitative estimate of drug-likeness (QED) is 0.410. The third kappa shape index (κ3) is 6.14. The van der Waals surface area contributed by atoms with Gasteiger partial charge in [0.1, 0.15) is 12.4 Å². The average Bonchev–Trinajstić information content (AvgIpc) is 3.22.